The summed E-state index contributed by atoms with van der Waals surface area (Å²) >= 11 is 12.8. The number of carbonyl (C=O) groups excluding carboxylic acids is 1. The number of piperidine rings is 1. The number of aromatic nitrogens is 4. The monoisotopic (exact) mass is 625 g/mol. The second kappa shape index (κ2) is 15.1. The molecular formula is C32H41Cl2N7O2. The van der Waals surface area contributed by atoms with Gasteiger partial charge in [-0.25, -0.2) is 15.0 Å². The molecule has 0 unspecified atom stereocenters. The number of benzene rings is 1. The minimum atomic E-state index is -0.124. The largest absolute Gasteiger partial charge is 0.378 e. The third kappa shape index (κ3) is 7.95. The number of amides is 1. The van der Waals surface area contributed by atoms with E-state index in [1.165, 1.54) is 25.3 Å². The average molecular weight is 627 g/mol. The van der Waals surface area contributed by atoms with E-state index in [1.807, 2.05) is 30.5 Å². The van der Waals surface area contributed by atoms with Crippen molar-refractivity contribution in [3.05, 3.63) is 59.0 Å². The molecule has 3 heterocycles. The van der Waals surface area contributed by atoms with E-state index in [-0.39, 0.29) is 11.8 Å². The molecule has 3 aromatic rings. The standard InChI is InChI=1S/C32H41Cl2N7O2/c1-3-28(42)40(2)17-19-43-20-18-41-30(27-13-16-36-32(38-27)37-24-7-5-4-6-8-24)29(23-9-10-25(33)26(34)21-23)39-31(41)22-11-14-35-15-12-22/h3,9-10,13,16,21-22,24,35H,1,4-8,11-12,14-15,17-20H2,2H3,(H,36,37,38). The van der Waals surface area contributed by atoms with Gasteiger partial charge in [-0.2, -0.15) is 0 Å². The van der Waals surface area contributed by atoms with Gasteiger partial charge in [-0.3, -0.25) is 4.79 Å². The van der Waals surface area contributed by atoms with E-state index in [9.17, 15) is 4.79 Å². The molecule has 1 saturated heterocycles. The number of rotatable bonds is 12. The summed E-state index contributed by atoms with van der Waals surface area (Å²) in [7, 11) is 1.74. The Kier molecular flexibility index (Phi) is 11.1. The lowest BCUT2D eigenvalue weighted by atomic mass is 9.96. The predicted molar refractivity (Wildman–Crippen MR) is 173 cm³/mol. The van der Waals surface area contributed by atoms with Crippen LogP contribution in [0.15, 0.2) is 43.1 Å². The molecule has 1 amide bonds. The Hall–Kier alpha value is -2.98. The maximum atomic E-state index is 11.9. The maximum Gasteiger partial charge on any atom is 0.245 e. The molecule has 5 rings (SSSR count). The van der Waals surface area contributed by atoms with Crippen molar-refractivity contribution in [2.75, 3.05) is 45.2 Å². The first-order valence-corrected chi connectivity index (χ1v) is 16.0. The zero-order valence-electron chi connectivity index (χ0n) is 24.8. The van der Waals surface area contributed by atoms with E-state index >= 15 is 0 Å². The molecule has 2 aliphatic rings. The van der Waals surface area contributed by atoms with Crippen LogP contribution in [0.1, 0.15) is 56.7 Å². The Labute approximate surface area is 264 Å². The summed E-state index contributed by atoms with van der Waals surface area (Å²) < 4.78 is 8.30. The Morgan fingerprint density at radius 1 is 1.12 bits per heavy atom. The van der Waals surface area contributed by atoms with E-state index < -0.39 is 0 Å². The van der Waals surface area contributed by atoms with Gasteiger partial charge in [-0.15, -0.1) is 0 Å². The highest BCUT2D eigenvalue weighted by molar-refractivity contribution is 6.42. The highest BCUT2D eigenvalue weighted by Crippen LogP contribution is 2.38. The Balaban J connectivity index is 1.51. The number of carbonyl (C=O) groups is 1. The Bertz CT molecular complexity index is 1400. The smallest absolute Gasteiger partial charge is 0.245 e. The summed E-state index contributed by atoms with van der Waals surface area (Å²) in [4.78, 5) is 28.3. The Morgan fingerprint density at radius 2 is 1.91 bits per heavy atom. The molecule has 11 heteroatoms. The average Bonchev–Trinajstić information content (AvgIpc) is 3.42. The van der Waals surface area contributed by atoms with Crippen molar-refractivity contribution in [1.29, 1.82) is 0 Å². The third-order valence-corrected chi connectivity index (χ3v) is 9.05. The third-order valence-electron chi connectivity index (χ3n) is 8.31. The molecule has 0 spiro atoms. The summed E-state index contributed by atoms with van der Waals surface area (Å²) in [5.74, 6) is 1.81. The quantitative estimate of drug-likeness (QED) is 0.183. The lowest BCUT2D eigenvalue weighted by Gasteiger charge is -2.24. The molecule has 2 N–H and O–H groups in total. The molecule has 0 bridgehead atoms. The van der Waals surface area contributed by atoms with Gasteiger partial charge in [-0.05, 0) is 63.0 Å². The zero-order chi connectivity index (χ0) is 30.2. The number of hydrogen-bond acceptors (Lipinski definition) is 7. The number of anilines is 1. The number of nitrogens with one attached hydrogen (secondary N) is 2. The van der Waals surface area contributed by atoms with Gasteiger partial charge in [0.25, 0.3) is 0 Å². The van der Waals surface area contributed by atoms with Gasteiger partial charge in [0.2, 0.25) is 11.9 Å². The van der Waals surface area contributed by atoms with Crippen LogP contribution in [0.2, 0.25) is 10.0 Å². The second-order valence-electron chi connectivity index (χ2n) is 11.3. The first-order valence-electron chi connectivity index (χ1n) is 15.3. The fourth-order valence-corrected chi connectivity index (χ4v) is 6.21. The number of likely N-dealkylation sites (N-methyl/N-ethyl adjacent to an activating group) is 1. The first kappa shape index (κ1) is 31.4. The number of ether oxygens (including phenoxy) is 1. The van der Waals surface area contributed by atoms with Gasteiger partial charge >= 0.3 is 0 Å². The van der Waals surface area contributed by atoms with Crippen molar-refractivity contribution < 1.29 is 9.53 Å². The lowest BCUT2D eigenvalue weighted by molar-refractivity contribution is -0.125. The summed E-state index contributed by atoms with van der Waals surface area (Å²) in [5, 5.41) is 8.03. The number of hydrogen-bond donors (Lipinski definition) is 2. The van der Waals surface area contributed by atoms with Crippen LogP contribution in [0.4, 0.5) is 5.95 Å². The van der Waals surface area contributed by atoms with Crippen molar-refractivity contribution in [3.63, 3.8) is 0 Å². The molecule has 1 aliphatic heterocycles. The van der Waals surface area contributed by atoms with Crippen LogP contribution < -0.4 is 10.6 Å². The van der Waals surface area contributed by atoms with Crippen molar-refractivity contribution in [3.8, 4) is 22.6 Å². The second-order valence-corrected chi connectivity index (χ2v) is 12.1. The molecule has 9 nitrogen and oxygen atoms in total. The molecule has 43 heavy (non-hydrogen) atoms. The highest BCUT2D eigenvalue weighted by atomic mass is 35.5. The molecule has 0 atom stereocenters. The van der Waals surface area contributed by atoms with E-state index in [2.05, 4.69) is 26.8 Å². The number of imidazole rings is 1. The van der Waals surface area contributed by atoms with E-state index in [4.69, 9.17) is 37.9 Å². The normalized spacial score (nSPS) is 16.3. The molecule has 2 fully saturated rings. The molecular weight excluding hydrogens is 585 g/mol. The van der Waals surface area contributed by atoms with Crippen molar-refractivity contribution >= 4 is 35.1 Å². The highest BCUT2D eigenvalue weighted by Gasteiger charge is 2.28. The zero-order valence-corrected chi connectivity index (χ0v) is 26.3. The summed E-state index contributed by atoms with van der Waals surface area (Å²) in [6.45, 7) is 7.39. The molecule has 230 valence electrons. The van der Waals surface area contributed by atoms with Crippen LogP contribution in [0.25, 0.3) is 22.6 Å². The molecule has 1 aliphatic carbocycles. The molecule has 1 saturated carbocycles. The van der Waals surface area contributed by atoms with Crippen LogP contribution in [0, 0.1) is 0 Å². The maximum absolute atomic E-state index is 11.9. The van der Waals surface area contributed by atoms with Crippen molar-refractivity contribution in [2.45, 2.75) is 63.5 Å². The van der Waals surface area contributed by atoms with Crippen molar-refractivity contribution in [1.82, 2.24) is 29.7 Å². The molecule has 2 aromatic heterocycles. The Morgan fingerprint density at radius 3 is 2.65 bits per heavy atom. The van der Waals surface area contributed by atoms with Crippen molar-refractivity contribution in [2.24, 2.45) is 0 Å². The molecule has 0 radical (unpaired) electrons. The van der Waals surface area contributed by atoms with Crippen LogP contribution in [0.5, 0.6) is 0 Å². The fraction of sp³-hybridized carbons (Fsp3) is 0.500. The van der Waals surface area contributed by atoms with Gasteiger partial charge < -0.3 is 24.8 Å². The summed E-state index contributed by atoms with van der Waals surface area (Å²) in [6.07, 6.45) is 11.1. The fourth-order valence-electron chi connectivity index (χ4n) is 5.91. The summed E-state index contributed by atoms with van der Waals surface area (Å²) in [5.41, 5.74) is 3.39. The number of nitrogens with zero attached hydrogens (tertiary/aromatic N) is 5. The van der Waals surface area contributed by atoms with Gasteiger partial charge in [0.15, 0.2) is 0 Å². The van der Waals surface area contributed by atoms with Gasteiger partial charge in [-0.1, -0.05) is 55.1 Å². The topological polar surface area (TPSA) is 97.2 Å². The van der Waals surface area contributed by atoms with Crippen LogP contribution in [-0.2, 0) is 16.1 Å². The van der Waals surface area contributed by atoms with Gasteiger partial charge in [0.05, 0.1) is 40.3 Å². The minimum Gasteiger partial charge on any atom is -0.378 e. The SMILES string of the molecule is C=CC(=O)N(C)CCOCCn1c(C2CCNCC2)nc(-c2ccc(Cl)c(Cl)c2)c1-c1ccnc(NC2CCCCC2)n1. The molecule has 1 aromatic carbocycles. The van der Waals surface area contributed by atoms with E-state index in [1.54, 1.807) is 11.9 Å². The number of halogens is 2. The van der Waals surface area contributed by atoms with Gasteiger partial charge in [0, 0.05) is 43.9 Å². The summed E-state index contributed by atoms with van der Waals surface area (Å²) in [6, 6.07) is 7.98. The van der Waals surface area contributed by atoms with Gasteiger partial charge in [0.1, 0.15) is 5.82 Å². The first-order chi connectivity index (χ1) is 20.9. The van der Waals surface area contributed by atoms with Crippen LogP contribution in [-0.4, -0.2) is 76.3 Å². The van der Waals surface area contributed by atoms with E-state index in [0.29, 0.717) is 48.3 Å². The lowest BCUT2D eigenvalue weighted by Crippen LogP contribution is -2.29. The predicted octanol–water partition coefficient (Wildman–Crippen LogP) is 6.19. The van der Waals surface area contributed by atoms with Crippen LogP contribution >= 0.6 is 23.2 Å². The van der Waals surface area contributed by atoms with Crippen LogP contribution in [0.3, 0.4) is 0 Å². The minimum absolute atomic E-state index is 0.124. The van der Waals surface area contributed by atoms with E-state index in [0.717, 1.165) is 67.2 Å².